The summed E-state index contributed by atoms with van der Waals surface area (Å²) >= 11 is 30.3. The molecule has 11 heteroatoms. The largest absolute Gasteiger partial charge is 0.482 e. The lowest BCUT2D eigenvalue weighted by molar-refractivity contribution is 0.0907. The molecule has 6 nitrogen and oxygen atoms in total. The Hall–Kier alpha value is -1.57. The standard InChI is InChI=1S/C20H18Cl5N3O3/c1-4-28-7-12(10(3)27-28)9(2)26-20(29)13-6-5-11(31-13)8-30-19-17(24)15(22)14(21)16(23)18(19)25/h5-7,9H,4,8H2,1-3H3,(H,26,29). The second-order valence-electron chi connectivity index (χ2n) is 6.67. The number of nitrogens with one attached hydrogen (secondary N) is 1. The molecule has 2 heterocycles. The van der Waals surface area contributed by atoms with Gasteiger partial charge in [0.1, 0.15) is 22.4 Å². The Morgan fingerprint density at radius 1 is 1.13 bits per heavy atom. The van der Waals surface area contributed by atoms with Gasteiger partial charge in [0, 0.05) is 18.3 Å². The van der Waals surface area contributed by atoms with Crippen LogP contribution in [0.2, 0.25) is 25.1 Å². The lowest BCUT2D eigenvalue weighted by Gasteiger charge is -2.13. The topological polar surface area (TPSA) is 69.3 Å². The summed E-state index contributed by atoms with van der Waals surface area (Å²) in [7, 11) is 0. The van der Waals surface area contributed by atoms with Crippen molar-refractivity contribution in [3.8, 4) is 5.75 Å². The summed E-state index contributed by atoms with van der Waals surface area (Å²) in [5, 5.41) is 7.45. The molecular weight excluding hydrogens is 508 g/mol. The molecule has 1 N–H and O–H groups in total. The van der Waals surface area contributed by atoms with Gasteiger partial charge in [0.15, 0.2) is 11.5 Å². The molecule has 3 aromatic rings. The number of rotatable bonds is 7. The van der Waals surface area contributed by atoms with Crippen molar-refractivity contribution < 1.29 is 13.9 Å². The number of amides is 1. The van der Waals surface area contributed by atoms with Crippen molar-refractivity contribution in [3.63, 3.8) is 0 Å². The number of hydrogen-bond acceptors (Lipinski definition) is 4. The van der Waals surface area contributed by atoms with Crippen LogP contribution in [0.15, 0.2) is 22.7 Å². The zero-order valence-corrected chi connectivity index (χ0v) is 20.5. The molecule has 0 bridgehead atoms. The van der Waals surface area contributed by atoms with E-state index in [0.717, 1.165) is 17.8 Å². The predicted molar refractivity (Wildman–Crippen MR) is 123 cm³/mol. The summed E-state index contributed by atoms with van der Waals surface area (Å²) in [6, 6.07) is 2.92. The highest BCUT2D eigenvalue weighted by Gasteiger charge is 2.22. The lowest BCUT2D eigenvalue weighted by atomic mass is 10.1. The fourth-order valence-corrected chi connectivity index (χ4v) is 4.13. The molecule has 0 spiro atoms. The molecule has 31 heavy (non-hydrogen) atoms. The van der Waals surface area contributed by atoms with Crippen LogP contribution in [0.1, 0.15) is 47.5 Å². The minimum Gasteiger partial charge on any atom is -0.482 e. The van der Waals surface area contributed by atoms with Crippen LogP contribution in [0.4, 0.5) is 0 Å². The number of carbonyl (C=O) groups excluding carboxylic acids is 1. The molecule has 1 aromatic carbocycles. The van der Waals surface area contributed by atoms with Gasteiger partial charge in [-0.25, -0.2) is 0 Å². The summed E-state index contributed by atoms with van der Waals surface area (Å²) < 4.78 is 13.0. The van der Waals surface area contributed by atoms with Gasteiger partial charge in [0.2, 0.25) is 0 Å². The average molecular weight is 526 g/mol. The minimum absolute atomic E-state index is 0.0300. The monoisotopic (exact) mass is 523 g/mol. The molecule has 1 unspecified atom stereocenters. The Morgan fingerprint density at radius 3 is 2.32 bits per heavy atom. The van der Waals surface area contributed by atoms with Gasteiger partial charge >= 0.3 is 0 Å². The Morgan fingerprint density at radius 2 is 1.74 bits per heavy atom. The van der Waals surface area contributed by atoms with Crippen molar-refractivity contribution in [3.05, 3.63) is 66.2 Å². The van der Waals surface area contributed by atoms with E-state index in [-0.39, 0.29) is 55.2 Å². The molecule has 0 saturated carbocycles. The Bertz CT molecular complexity index is 1100. The van der Waals surface area contributed by atoms with Crippen LogP contribution in [0, 0.1) is 6.92 Å². The summed E-state index contributed by atoms with van der Waals surface area (Å²) in [6.07, 6.45) is 1.91. The lowest BCUT2D eigenvalue weighted by Crippen LogP contribution is -2.26. The third kappa shape index (κ3) is 5.10. The molecule has 0 radical (unpaired) electrons. The second kappa shape index (κ2) is 9.92. The molecule has 0 aliphatic heterocycles. The number of aryl methyl sites for hydroxylation is 2. The van der Waals surface area contributed by atoms with E-state index in [2.05, 4.69) is 10.4 Å². The number of nitrogens with zero attached hydrogens (tertiary/aromatic N) is 2. The fraction of sp³-hybridized carbons (Fsp3) is 0.300. The molecule has 2 aromatic heterocycles. The molecule has 0 aliphatic carbocycles. The normalized spacial score (nSPS) is 12.1. The SMILES string of the molecule is CCn1cc(C(C)NC(=O)c2ccc(COc3c(Cl)c(Cl)c(Cl)c(Cl)c3Cl)o2)c(C)n1. The number of furan rings is 1. The number of ether oxygens (including phenoxy) is 1. The highest BCUT2D eigenvalue weighted by Crippen LogP contribution is 2.48. The van der Waals surface area contributed by atoms with Crippen LogP contribution in [0.3, 0.4) is 0 Å². The van der Waals surface area contributed by atoms with Crippen LogP contribution in [0.5, 0.6) is 5.75 Å². The van der Waals surface area contributed by atoms with Gasteiger partial charge in [0.25, 0.3) is 5.91 Å². The fourth-order valence-electron chi connectivity index (χ4n) is 2.90. The van der Waals surface area contributed by atoms with Crippen molar-refractivity contribution in [2.24, 2.45) is 0 Å². The van der Waals surface area contributed by atoms with Gasteiger partial charge in [0.05, 0.1) is 26.8 Å². The van der Waals surface area contributed by atoms with E-state index in [1.807, 2.05) is 31.6 Å². The van der Waals surface area contributed by atoms with Gasteiger partial charge in [-0.2, -0.15) is 5.10 Å². The predicted octanol–water partition coefficient (Wildman–Crippen LogP) is 7.14. The van der Waals surface area contributed by atoms with E-state index in [9.17, 15) is 4.79 Å². The van der Waals surface area contributed by atoms with Gasteiger partial charge < -0.3 is 14.5 Å². The maximum Gasteiger partial charge on any atom is 0.287 e. The van der Waals surface area contributed by atoms with Crippen LogP contribution in [-0.4, -0.2) is 15.7 Å². The summed E-state index contributed by atoms with van der Waals surface area (Å²) in [5.74, 6) is 0.218. The first kappa shape index (κ1) is 24.1. The van der Waals surface area contributed by atoms with Crippen molar-refractivity contribution in [2.45, 2.75) is 40.0 Å². The molecular formula is C20H18Cl5N3O3. The molecule has 166 valence electrons. The van der Waals surface area contributed by atoms with Crippen LogP contribution in [-0.2, 0) is 13.2 Å². The molecule has 3 rings (SSSR count). The highest BCUT2D eigenvalue weighted by atomic mass is 35.5. The first-order valence-electron chi connectivity index (χ1n) is 9.21. The van der Waals surface area contributed by atoms with Crippen molar-refractivity contribution in [2.75, 3.05) is 0 Å². The van der Waals surface area contributed by atoms with Gasteiger partial charge in [-0.3, -0.25) is 9.48 Å². The Balaban J connectivity index is 1.68. The highest BCUT2D eigenvalue weighted by molar-refractivity contribution is 6.55. The zero-order chi connectivity index (χ0) is 22.9. The first-order chi connectivity index (χ1) is 14.6. The van der Waals surface area contributed by atoms with E-state index in [4.69, 9.17) is 67.2 Å². The maximum absolute atomic E-state index is 12.6. The Labute approximate surface area is 204 Å². The van der Waals surface area contributed by atoms with Gasteiger partial charge in [-0.1, -0.05) is 58.0 Å². The summed E-state index contributed by atoms with van der Waals surface area (Å²) in [5.41, 5.74) is 1.79. The summed E-state index contributed by atoms with van der Waals surface area (Å²) in [6.45, 7) is 6.48. The second-order valence-corrected chi connectivity index (χ2v) is 8.56. The van der Waals surface area contributed by atoms with Gasteiger partial charge in [-0.15, -0.1) is 0 Å². The number of halogens is 5. The Kier molecular flexibility index (Phi) is 7.71. The number of carbonyl (C=O) groups is 1. The minimum atomic E-state index is -0.365. The van der Waals surface area contributed by atoms with E-state index in [1.54, 1.807) is 12.1 Å². The van der Waals surface area contributed by atoms with Crippen LogP contribution < -0.4 is 10.1 Å². The summed E-state index contributed by atoms with van der Waals surface area (Å²) in [4.78, 5) is 12.6. The van der Waals surface area contributed by atoms with E-state index >= 15 is 0 Å². The van der Waals surface area contributed by atoms with Crippen LogP contribution in [0.25, 0.3) is 0 Å². The van der Waals surface area contributed by atoms with Crippen molar-refractivity contribution in [1.29, 1.82) is 0 Å². The number of aromatic nitrogens is 2. The molecule has 1 amide bonds. The molecule has 1 atom stereocenters. The van der Waals surface area contributed by atoms with E-state index in [0.29, 0.717) is 5.76 Å². The number of hydrogen-bond donors (Lipinski definition) is 1. The molecule has 0 aliphatic rings. The van der Waals surface area contributed by atoms with Gasteiger partial charge in [-0.05, 0) is 32.9 Å². The quantitative estimate of drug-likeness (QED) is 0.263. The van der Waals surface area contributed by atoms with E-state index in [1.165, 1.54) is 0 Å². The smallest absolute Gasteiger partial charge is 0.287 e. The third-order valence-electron chi connectivity index (χ3n) is 4.54. The van der Waals surface area contributed by atoms with Crippen molar-refractivity contribution in [1.82, 2.24) is 15.1 Å². The third-order valence-corrected chi connectivity index (χ3v) is 6.78. The first-order valence-corrected chi connectivity index (χ1v) is 11.1. The molecule has 0 fully saturated rings. The zero-order valence-electron chi connectivity index (χ0n) is 16.7. The maximum atomic E-state index is 12.6. The van der Waals surface area contributed by atoms with E-state index < -0.39 is 0 Å². The number of benzene rings is 1. The average Bonchev–Trinajstić information content (AvgIpc) is 3.37. The van der Waals surface area contributed by atoms with Crippen LogP contribution >= 0.6 is 58.0 Å². The van der Waals surface area contributed by atoms with Crippen molar-refractivity contribution >= 4 is 63.9 Å². The molecule has 0 saturated heterocycles.